The molecular weight excluding hydrogens is 388 g/mol. The third-order valence-electron chi connectivity index (χ3n) is 6.00. The first kappa shape index (κ1) is 18.8. The standard InChI is InChI=1S/C22H23ClN4O2/c23-17-8-6-16(7-9-17)22(10-12-28-13-11-22)21-27-26-20(29-21)19-14-18(24-25-19)15-4-2-1-3-5-15/h1-9,18-19,24-25H,10-14H2. The molecule has 0 saturated carbocycles. The average molecular weight is 411 g/mol. The Bertz CT molecular complexity index is 954. The predicted molar refractivity (Wildman–Crippen MR) is 109 cm³/mol. The van der Waals surface area contributed by atoms with Gasteiger partial charge in [0.2, 0.25) is 11.8 Å². The highest BCUT2D eigenvalue weighted by molar-refractivity contribution is 6.30. The van der Waals surface area contributed by atoms with E-state index in [0.717, 1.165) is 29.8 Å². The Balaban J connectivity index is 1.41. The molecule has 29 heavy (non-hydrogen) atoms. The average Bonchev–Trinajstić information content (AvgIpc) is 3.45. The second kappa shape index (κ2) is 7.88. The van der Waals surface area contributed by atoms with Crippen molar-refractivity contribution >= 4 is 11.6 Å². The Kier molecular flexibility index (Phi) is 5.09. The first-order valence-electron chi connectivity index (χ1n) is 9.98. The van der Waals surface area contributed by atoms with Gasteiger partial charge in [0.15, 0.2) is 0 Å². The van der Waals surface area contributed by atoms with Crippen molar-refractivity contribution in [2.45, 2.75) is 36.8 Å². The van der Waals surface area contributed by atoms with E-state index in [4.69, 9.17) is 20.8 Å². The molecule has 3 aromatic rings. The molecule has 0 amide bonds. The molecule has 0 bridgehead atoms. The number of rotatable bonds is 4. The first-order chi connectivity index (χ1) is 14.2. The summed E-state index contributed by atoms with van der Waals surface area (Å²) in [5, 5.41) is 9.60. The van der Waals surface area contributed by atoms with E-state index in [9.17, 15) is 0 Å². The Morgan fingerprint density at radius 1 is 0.897 bits per heavy atom. The molecule has 150 valence electrons. The summed E-state index contributed by atoms with van der Waals surface area (Å²) in [6.45, 7) is 1.33. The van der Waals surface area contributed by atoms with Gasteiger partial charge in [0.05, 0.1) is 5.41 Å². The van der Waals surface area contributed by atoms with Crippen molar-refractivity contribution in [1.29, 1.82) is 0 Å². The van der Waals surface area contributed by atoms with E-state index in [0.29, 0.717) is 25.0 Å². The third-order valence-corrected chi connectivity index (χ3v) is 6.25. The number of hydrazine groups is 1. The van der Waals surface area contributed by atoms with Crippen molar-refractivity contribution in [3.05, 3.63) is 82.5 Å². The van der Waals surface area contributed by atoms with Crippen LogP contribution in [0.2, 0.25) is 5.02 Å². The predicted octanol–water partition coefficient (Wildman–Crippen LogP) is 4.10. The Morgan fingerprint density at radius 2 is 1.62 bits per heavy atom. The van der Waals surface area contributed by atoms with Gasteiger partial charge in [-0.3, -0.25) is 0 Å². The van der Waals surface area contributed by atoms with Crippen LogP contribution < -0.4 is 10.9 Å². The SMILES string of the molecule is Clc1ccc(C2(c3nnc(C4CC(c5ccccc5)NN4)o3)CCOCC2)cc1. The van der Waals surface area contributed by atoms with Crippen molar-refractivity contribution in [3.8, 4) is 0 Å². The molecule has 7 heteroatoms. The summed E-state index contributed by atoms with van der Waals surface area (Å²) in [7, 11) is 0. The number of hydrogen-bond donors (Lipinski definition) is 2. The lowest BCUT2D eigenvalue weighted by atomic mass is 9.74. The van der Waals surface area contributed by atoms with Gasteiger partial charge in [0, 0.05) is 24.3 Å². The van der Waals surface area contributed by atoms with Gasteiger partial charge in [-0.1, -0.05) is 54.1 Å². The molecule has 2 unspecified atom stereocenters. The number of nitrogens with one attached hydrogen (secondary N) is 2. The molecule has 1 aromatic heterocycles. The molecule has 2 aromatic carbocycles. The number of nitrogens with zero attached hydrogens (tertiary/aromatic N) is 2. The van der Waals surface area contributed by atoms with Crippen LogP contribution in [-0.4, -0.2) is 23.4 Å². The van der Waals surface area contributed by atoms with Crippen LogP contribution in [0.3, 0.4) is 0 Å². The molecule has 2 aliphatic heterocycles. The van der Waals surface area contributed by atoms with Crippen molar-refractivity contribution in [3.63, 3.8) is 0 Å². The molecule has 0 spiro atoms. The zero-order valence-corrected chi connectivity index (χ0v) is 16.7. The Hall–Kier alpha value is -2.25. The highest BCUT2D eigenvalue weighted by atomic mass is 35.5. The van der Waals surface area contributed by atoms with Crippen LogP contribution in [0.5, 0.6) is 0 Å². The summed E-state index contributed by atoms with van der Waals surface area (Å²) in [4.78, 5) is 0. The summed E-state index contributed by atoms with van der Waals surface area (Å²) >= 11 is 6.11. The molecule has 0 aliphatic carbocycles. The minimum absolute atomic E-state index is 0.0245. The lowest BCUT2D eigenvalue weighted by Crippen LogP contribution is -2.35. The number of hydrogen-bond acceptors (Lipinski definition) is 6. The van der Waals surface area contributed by atoms with Crippen LogP contribution in [0.15, 0.2) is 59.0 Å². The molecule has 0 radical (unpaired) electrons. The summed E-state index contributed by atoms with van der Waals surface area (Å²) < 4.78 is 11.9. The van der Waals surface area contributed by atoms with Crippen molar-refractivity contribution in [2.75, 3.05) is 13.2 Å². The molecule has 2 atom stereocenters. The van der Waals surface area contributed by atoms with E-state index >= 15 is 0 Å². The van der Waals surface area contributed by atoms with Crippen molar-refractivity contribution < 1.29 is 9.15 Å². The number of aromatic nitrogens is 2. The van der Waals surface area contributed by atoms with Crippen LogP contribution in [0.4, 0.5) is 0 Å². The zero-order chi connectivity index (χ0) is 19.7. The molecule has 2 aliphatic rings. The maximum absolute atomic E-state index is 6.27. The molecule has 2 N–H and O–H groups in total. The molecule has 5 rings (SSSR count). The lowest BCUT2D eigenvalue weighted by Gasteiger charge is -2.34. The lowest BCUT2D eigenvalue weighted by molar-refractivity contribution is 0.0538. The van der Waals surface area contributed by atoms with Gasteiger partial charge in [-0.25, -0.2) is 10.9 Å². The van der Waals surface area contributed by atoms with E-state index in [1.165, 1.54) is 5.56 Å². The van der Waals surface area contributed by atoms with Crippen molar-refractivity contribution in [1.82, 2.24) is 21.0 Å². The van der Waals surface area contributed by atoms with Gasteiger partial charge in [-0.05, 0) is 42.5 Å². The largest absolute Gasteiger partial charge is 0.423 e. The van der Waals surface area contributed by atoms with Gasteiger partial charge in [-0.2, -0.15) is 0 Å². The van der Waals surface area contributed by atoms with E-state index in [1.807, 2.05) is 18.2 Å². The number of benzene rings is 2. The summed E-state index contributed by atoms with van der Waals surface area (Å²) in [6, 6.07) is 18.5. The monoisotopic (exact) mass is 410 g/mol. The molecular formula is C22H23ClN4O2. The molecule has 2 fully saturated rings. The van der Waals surface area contributed by atoms with Crippen LogP contribution in [0.25, 0.3) is 0 Å². The second-order valence-corrected chi connectivity index (χ2v) is 8.12. The van der Waals surface area contributed by atoms with Gasteiger partial charge >= 0.3 is 0 Å². The fourth-order valence-electron chi connectivity index (χ4n) is 4.31. The quantitative estimate of drug-likeness (QED) is 0.674. The summed E-state index contributed by atoms with van der Waals surface area (Å²) in [5.74, 6) is 1.27. The summed E-state index contributed by atoms with van der Waals surface area (Å²) in [6.07, 6.45) is 2.46. The fourth-order valence-corrected chi connectivity index (χ4v) is 4.43. The number of ether oxygens (including phenoxy) is 1. The zero-order valence-electron chi connectivity index (χ0n) is 16.0. The summed E-state index contributed by atoms with van der Waals surface area (Å²) in [5.41, 5.74) is 8.70. The Morgan fingerprint density at radius 3 is 2.38 bits per heavy atom. The minimum Gasteiger partial charge on any atom is -0.423 e. The number of halogens is 1. The second-order valence-electron chi connectivity index (χ2n) is 7.69. The smallest absolute Gasteiger partial charge is 0.234 e. The van der Waals surface area contributed by atoms with E-state index < -0.39 is 0 Å². The third kappa shape index (κ3) is 3.57. The molecule has 6 nitrogen and oxygen atoms in total. The highest BCUT2D eigenvalue weighted by Gasteiger charge is 2.42. The maximum atomic E-state index is 6.27. The van der Waals surface area contributed by atoms with Gasteiger partial charge < -0.3 is 9.15 Å². The normalized spacial score (nSPS) is 23.9. The van der Waals surface area contributed by atoms with Gasteiger partial charge in [0.1, 0.15) is 6.04 Å². The maximum Gasteiger partial charge on any atom is 0.234 e. The van der Waals surface area contributed by atoms with Crippen LogP contribution in [0.1, 0.15) is 54.3 Å². The van der Waals surface area contributed by atoms with E-state index in [2.05, 4.69) is 57.4 Å². The van der Waals surface area contributed by atoms with Crippen LogP contribution >= 0.6 is 11.6 Å². The topological polar surface area (TPSA) is 72.2 Å². The first-order valence-corrected chi connectivity index (χ1v) is 10.4. The van der Waals surface area contributed by atoms with E-state index in [-0.39, 0.29) is 17.5 Å². The molecule has 2 saturated heterocycles. The van der Waals surface area contributed by atoms with Crippen LogP contribution in [-0.2, 0) is 10.2 Å². The van der Waals surface area contributed by atoms with Gasteiger partial charge in [-0.15, -0.1) is 10.2 Å². The Labute approximate surface area is 174 Å². The van der Waals surface area contributed by atoms with Gasteiger partial charge in [0.25, 0.3) is 0 Å². The highest BCUT2D eigenvalue weighted by Crippen LogP contribution is 2.42. The molecule has 3 heterocycles. The van der Waals surface area contributed by atoms with Crippen molar-refractivity contribution in [2.24, 2.45) is 0 Å². The minimum atomic E-state index is -0.334. The fraction of sp³-hybridized carbons (Fsp3) is 0.364. The van der Waals surface area contributed by atoms with E-state index in [1.54, 1.807) is 0 Å². The van der Waals surface area contributed by atoms with Crippen LogP contribution in [0, 0.1) is 0 Å².